The van der Waals surface area contributed by atoms with Gasteiger partial charge in [-0.15, -0.1) is 0 Å². The molecule has 2 heteroatoms. The highest BCUT2D eigenvalue weighted by Gasteiger charge is 2.04. The average molecular weight is 222 g/mol. The number of rotatable bonds is 7. The summed E-state index contributed by atoms with van der Waals surface area (Å²) in [6.07, 6.45) is 2.31. The molecule has 0 N–H and O–H groups in total. The molecule has 0 amide bonds. The van der Waals surface area contributed by atoms with Gasteiger partial charge < -0.3 is 4.43 Å². The van der Waals surface area contributed by atoms with E-state index in [1.807, 2.05) is 0 Å². The van der Waals surface area contributed by atoms with Gasteiger partial charge in [-0.2, -0.15) is 0 Å². The van der Waals surface area contributed by atoms with Gasteiger partial charge in [-0.1, -0.05) is 44.2 Å². The topological polar surface area (TPSA) is 9.23 Å². The Morgan fingerprint density at radius 3 is 2.33 bits per heavy atom. The number of benzene rings is 1. The summed E-state index contributed by atoms with van der Waals surface area (Å²) >= 11 is 0. The van der Waals surface area contributed by atoms with Gasteiger partial charge in [0.05, 0.1) is 0 Å². The molecule has 0 fully saturated rings. The van der Waals surface area contributed by atoms with Crippen molar-refractivity contribution in [3.05, 3.63) is 35.9 Å². The monoisotopic (exact) mass is 222 g/mol. The number of hydrogen-bond donors (Lipinski definition) is 0. The van der Waals surface area contributed by atoms with Crippen molar-refractivity contribution in [2.75, 3.05) is 6.61 Å². The molecule has 0 atom stereocenters. The summed E-state index contributed by atoms with van der Waals surface area (Å²) in [6, 6.07) is 13.2. The molecule has 0 bridgehead atoms. The second kappa shape index (κ2) is 7.66. The summed E-state index contributed by atoms with van der Waals surface area (Å²) in [7, 11) is -0.818. The Labute approximate surface area is 95.2 Å². The van der Waals surface area contributed by atoms with Gasteiger partial charge in [0.2, 0.25) is 0 Å². The van der Waals surface area contributed by atoms with Gasteiger partial charge in [0, 0.05) is 6.61 Å². The molecule has 1 nitrogen and oxygen atoms in total. The SMILES string of the molecule is CC[SiH](CC)OCCCc1ccccc1. The number of hydrogen-bond acceptors (Lipinski definition) is 1. The Balaban J connectivity index is 2.12. The van der Waals surface area contributed by atoms with E-state index in [-0.39, 0.29) is 0 Å². The minimum Gasteiger partial charge on any atom is -0.420 e. The molecule has 0 saturated carbocycles. The third kappa shape index (κ3) is 5.14. The van der Waals surface area contributed by atoms with Gasteiger partial charge in [-0.3, -0.25) is 0 Å². The lowest BCUT2D eigenvalue weighted by Gasteiger charge is -2.11. The van der Waals surface area contributed by atoms with Gasteiger partial charge in [-0.25, -0.2) is 0 Å². The Kier molecular flexibility index (Phi) is 6.36. The first-order valence-electron chi connectivity index (χ1n) is 6.02. The normalized spacial score (nSPS) is 10.9. The summed E-state index contributed by atoms with van der Waals surface area (Å²) in [6.45, 7) is 5.45. The lowest BCUT2D eigenvalue weighted by Crippen LogP contribution is -2.16. The Morgan fingerprint density at radius 1 is 1.07 bits per heavy atom. The van der Waals surface area contributed by atoms with Crippen LogP contribution in [0.4, 0.5) is 0 Å². The molecule has 0 unspecified atom stereocenters. The number of aryl methyl sites for hydroxylation is 1. The van der Waals surface area contributed by atoms with Crippen LogP contribution in [0.15, 0.2) is 30.3 Å². The predicted octanol–water partition coefficient (Wildman–Crippen LogP) is 3.40. The molecule has 1 aromatic rings. The molecule has 0 radical (unpaired) electrons. The van der Waals surface area contributed by atoms with Crippen molar-refractivity contribution in [3.8, 4) is 0 Å². The van der Waals surface area contributed by atoms with E-state index in [4.69, 9.17) is 4.43 Å². The van der Waals surface area contributed by atoms with Crippen LogP contribution in [0, 0.1) is 0 Å². The van der Waals surface area contributed by atoms with Crippen molar-refractivity contribution < 1.29 is 4.43 Å². The maximum atomic E-state index is 5.90. The molecule has 0 heterocycles. The van der Waals surface area contributed by atoms with Crippen LogP contribution in [-0.4, -0.2) is 15.6 Å². The first-order chi connectivity index (χ1) is 7.36. The van der Waals surface area contributed by atoms with E-state index in [9.17, 15) is 0 Å². The molecule has 1 rings (SSSR count). The zero-order valence-corrected chi connectivity index (χ0v) is 11.1. The summed E-state index contributed by atoms with van der Waals surface area (Å²) in [5.41, 5.74) is 1.42. The zero-order chi connectivity index (χ0) is 10.9. The minimum atomic E-state index is -0.818. The van der Waals surface area contributed by atoms with Crippen LogP contribution in [0.2, 0.25) is 12.1 Å². The fourth-order valence-electron chi connectivity index (χ4n) is 1.70. The molecule has 15 heavy (non-hydrogen) atoms. The maximum Gasteiger partial charge on any atom is 0.176 e. The summed E-state index contributed by atoms with van der Waals surface area (Å²) < 4.78 is 5.90. The minimum absolute atomic E-state index is 0.818. The summed E-state index contributed by atoms with van der Waals surface area (Å²) in [5, 5.41) is 0. The second-order valence-corrected chi connectivity index (χ2v) is 7.11. The van der Waals surface area contributed by atoms with Crippen LogP contribution >= 0.6 is 0 Å². The molecule has 1 aromatic carbocycles. The van der Waals surface area contributed by atoms with Gasteiger partial charge >= 0.3 is 0 Å². The van der Waals surface area contributed by atoms with E-state index in [1.54, 1.807) is 0 Å². The van der Waals surface area contributed by atoms with E-state index >= 15 is 0 Å². The standard InChI is InChI=1S/C13H22OSi/c1-3-15(4-2)14-12-8-11-13-9-6-5-7-10-13/h5-7,9-10,15H,3-4,8,11-12H2,1-2H3. The molecular formula is C13H22OSi. The summed E-state index contributed by atoms with van der Waals surface area (Å²) in [4.78, 5) is 0. The lowest BCUT2D eigenvalue weighted by molar-refractivity contribution is 0.312. The van der Waals surface area contributed by atoms with Gasteiger partial charge in [-0.05, 0) is 30.5 Å². The summed E-state index contributed by atoms with van der Waals surface area (Å²) in [5.74, 6) is 0. The largest absolute Gasteiger partial charge is 0.420 e. The van der Waals surface area contributed by atoms with Crippen molar-refractivity contribution in [2.45, 2.75) is 38.8 Å². The molecule has 0 saturated heterocycles. The van der Waals surface area contributed by atoms with Crippen LogP contribution in [0.5, 0.6) is 0 Å². The van der Waals surface area contributed by atoms with Crippen molar-refractivity contribution >= 4 is 9.04 Å². The van der Waals surface area contributed by atoms with Crippen molar-refractivity contribution in [2.24, 2.45) is 0 Å². The second-order valence-electron chi connectivity index (χ2n) is 3.90. The van der Waals surface area contributed by atoms with E-state index in [0.29, 0.717) is 0 Å². The van der Waals surface area contributed by atoms with E-state index in [1.165, 1.54) is 17.7 Å². The van der Waals surface area contributed by atoms with Crippen LogP contribution in [0.1, 0.15) is 25.8 Å². The molecule has 0 aliphatic carbocycles. The van der Waals surface area contributed by atoms with Crippen molar-refractivity contribution in [1.82, 2.24) is 0 Å². The smallest absolute Gasteiger partial charge is 0.176 e. The van der Waals surface area contributed by atoms with Crippen molar-refractivity contribution in [1.29, 1.82) is 0 Å². The lowest BCUT2D eigenvalue weighted by atomic mass is 10.1. The molecule has 84 valence electrons. The Morgan fingerprint density at radius 2 is 1.73 bits per heavy atom. The van der Waals surface area contributed by atoms with Crippen LogP contribution in [-0.2, 0) is 10.8 Å². The molecule has 0 aromatic heterocycles. The zero-order valence-electron chi connectivity index (χ0n) is 9.91. The van der Waals surface area contributed by atoms with Crippen LogP contribution in [0.3, 0.4) is 0 Å². The van der Waals surface area contributed by atoms with Crippen molar-refractivity contribution in [3.63, 3.8) is 0 Å². The van der Waals surface area contributed by atoms with E-state index < -0.39 is 9.04 Å². The van der Waals surface area contributed by atoms with Crippen LogP contribution in [0.25, 0.3) is 0 Å². The highest BCUT2D eigenvalue weighted by molar-refractivity contribution is 6.51. The first-order valence-corrected chi connectivity index (χ1v) is 8.12. The van der Waals surface area contributed by atoms with E-state index in [2.05, 4.69) is 44.2 Å². The third-order valence-electron chi connectivity index (χ3n) is 2.72. The fourth-order valence-corrected chi connectivity index (χ4v) is 3.24. The third-order valence-corrected chi connectivity index (χ3v) is 5.25. The molecule has 0 aliphatic heterocycles. The maximum absolute atomic E-state index is 5.90. The molecular weight excluding hydrogens is 200 g/mol. The highest BCUT2D eigenvalue weighted by atomic mass is 28.3. The average Bonchev–Trinajstić information content (AvgIpc) is 2.31. The predicted molar refractivity (Wildman–Crippen MR) is 68.8 cm³/mol. The van der Waals surface area contributed by atoms with Gasteiger partial charge in [0.15, 0.2) is 9.04 Å². The van der Waals surface area contributed by atoms with E-state index in [0.717, 1.165) is 19.4 Å². The highest BCUT2D eigenvalue weighted by Crippen LogP contribution is 2.05. The first kappa shape index (κ1) is 12.5. The molecule has 0 spiro atoms. The Hall–Kier alpha value is -0.603. The van der Waals surface area contributed by atoms with Gasteiger partial charge in [0.25, 0.3) is 0 Å². The quantitative estimate of drug-likeness (QED) is 0.507. The van der Waals surface area contributed by atoms with Crippen LogP contribution < -0.4 is 0 Å². The fraction of sp³-hybridized carbons (Fsp3) is 0.538. The molecule has 0 aliphatic rings. The Bertz CT molecular complexity index is 244. The van der Waals surface area contributed by atoms with Gasteiger partial charge in [0.1, 0.15) is 0 Å².